The van der Waals surface area contributed by atoms with Gasteiger partial charge in [0.25, 0.3) is 5.91 Å². The molecule has 1 aromatic heterocycles. The van der Waals surface area contributed by atoms with Crippen molar-refractivity contribution in [2.75, 3.05) is 5.32 Å². The molecule has 3 heteroatoms. The van der Waals surface area contributed by atoms with Crippen LogP contribution in [0, 0.1) is 12.8 Å². The highest BCUT2D eigenvalue weighted by Crippen LogP contribution is 2.52. The largest absolute Gasteiger partial charge is 0.320 e. The van der Waals surface area contributed by atoms with Gasteiger partial charge in [-0.1, -0.05) is 49.4 Å². The number of allylic oxidation sites excluding steroid dienone is 2. The molecule has 2 aliphatic rings. The summed E-state index contributed by atoms with van der Waals surface area (Å²) in [4.78, 5) is 17.3. The van der Waals surface area contributed by atoms with Gasteiger partial charge in [-0.3, -0.25) is 9.78 Å². The van der Waals surface area contributed by atoms with Crippen LogP contribution < -0.4 is 5.32 Å². The molecule has 0 saturated carbocycles. The zero-order chi connectivity index (χ0) is 22.8. The van der Waals surface area contributed by atoms with E-state index in [1.165, 1.54) is 35.1 Å². The number of nitrogens with zero attached hydrogens (tertiary/aromatic N) is 1. The minimum Gasteiger partial charge on any atom is -0.320 e. The molecule has 0 aliphatic heterocycles. The van der Waals surface area contributed by atoms with E-state index in [-0.39, 0.29) is 11.3 Å². The van der Waals surface area contributed by atoms with Crippen LogP contribution in [-0.2, 0) is 11.8 Å². The maximum Gasteiger partial charge on any atom is 0.255 e. The van der Waals surface area contributed by atoms with Crippen LogP contribution in [0.3, 0.4) is 0 Å². The molecule has 1 N–H and O–H groups in total. The Bertz CT molecular complexity index is 1200. The maximum absolute atomic E-state index is 13.0. The van der Waals surface area contributed by atoms with Gasteiger partial charge in [-0.05, 0) is 97.9 Å². The van der Waals surface area contributed by atoms with Crippen LogP contribution in [0.5, 0.6) is 0 Å². The van der Waals surface area contributed by atoms with Crippen molar-refractivity contribution in [3.05, 3.63) is 101 Å². The number of aromatic nitrogens is 1. The average molecular weight is 437 g/mol. The number of nitrogens with one attached hydrogen (secondary N) is 1. The summed E-state index contributed by atoms with van der Waals surface area (Å²) in [6.07, 6.45) is 11.0. The third-order valence-corrected chi connectivity index (χ3v) is 7.89. The van der Waals surface area contributed by atoms with Crippen molar-refractivity contribution >= 4 is 17.2 Å². The molecule has 0 saturated heterocycles. The summed E-state index contributed by atoms with van der Waals surface area (Å²) >= 11 is 0. The second kappa shape index (κ2) is 8.97. The summed E-state index contributed by atoms with van der Waals surface area (Å²) in [7, 11) is 0. The molecular weight excluding hydrogens is 404 g/mol. The van der Waals surface area contributed by atoms with E-state index in [1.54, 1.807) is 6.20 Å². The summed E-state index contributed by atoms with van der Waals surface area (Å²) in [5.41, 5.74) is 8.18. The summed E-state index contributed by atoms with van der Waals surface area (Å²) in [5, 5.41) is 3.04. The van der Waals surface area contributed by atoms with Crippen LogP contribution in [0.1, 0.15) is 71.8 Å². The van der Waals surface area contributed by atoms with Crippen LogP contribution in [0.25, 0.3) is 5.57 Å². The van der Waals surface area contributed by atoms with E-state index in [0.29, 0.717) is 5.92 Å². The lowest BCUT2D eigenvalue weighted by Crippen LogP contribution is -2.36. The minimum absolute atomic E-state index is 0.0600. The maximum atomic E-state index is 13.0. The van der Waals surface area contributed by atoms with Gasteiger partial charge in [-0.2, -0.15) is 0 Å². The highest BCUT2D eigenvalue weighted by Gasteiger charge is 2.43. The van der Waals surface area contributed by atoms with Gasteiger partial charge < -0.3 is 5.32 Å². The average Bonchev–Trinajstić information content (AvgIpc) is 3.02. The first-order valence-electron chi connectivity index (χ1n) is 12.2. The minimum atomic E-state index is -0.0600. The fourth-order valence-corrected chi connectivity index (χ4v) is 6.01. The summed E-state index contributed by atoms with van der Waals surface area (Å²) in [6, 6.07) is 21.0. The van der Waals surface area contributed by atoms with Crippen LogP contribution in [0.15, 0.2) is 72.9 Å². The second-order valence-corrected chi connectivity index (χ2v) is 9.56. The Morgan fingerprint density at radius 2 is 1.97 bits per heavy atom. The Hall–Kier alpha value is -3.20. The van der Waals surface area contributed by atoms with Crippen LogP contribution >= 0.6 is 0 Å². The van der Waals surface area contributed by atoms with Gasteiger partial charge in [0.05, 0.1) is 11.4 Å². The molecule has 0 spiro atoms. The lowest BCUT2D eigenvalue weighted by molar-refractivity contribution is 0.102. The molecule has 3 aromatic rings. The summed E-state index contributed by atoms with van der Waals surface area (Å²) < 4.78 is 0. The van der Waals surface area contributed by atoms with E-state index in [2.05, 4.69) is 65.8 Å². The lowest BCUT2D eigenvalue weighted by atomic mass is 9.60. The quantitative estimate of drug-likeness (QED) is 0.473. The van der Waals surface area contributed by atoms with Crippen molar-refractivity contribution in [3.63, 3.8) is 0 Å². The summed E-state index contributed by atoms with van der Waals surface area (Å²) in [5.74, 6) is 0.580. The smallest absolute Gasteiger partial charge is 0.255 e. The molecule has 168 valence electrons. The first-order valence-corrected chi connectivity index (χ1v) is 12.2. The van der Waals surface area contributed by atoms with Gasteiger partial charge in [0.1, 0.15) is 0 Å². The molecule has 33 heavy (non-hydrogen) atoms. The number of anilines is 1. The van der Waals surface area contributed by atoms with Crippen molar-refractivity contribution in [1.82, 2.24) is 4.98 Å². The molecular formula is C30H32N2O. The molecule has 3 nitrogen and oxygen atoms in total. The Morgan fingerprint density at radius 3 is 2.76 bits per heavy atom. The fourth-order valence-electron chi connectivity index (χ4n) is 6.01. The fraction of sp³-hybridized carbons (Fsp3) is 0.333. The lowest BCUT2D eigenvalue weighted by Gasteiger charge is -2.44. The van der Waals surface area contributed by atoms with Gasteiger partial charge in [0.15, 0.2) is 0 Å². The number of rotatable bonds is 4. The number of aryl methyl sites for hydroxylation is 2. The van der Waals surface area contributed by atoms with Gasteiger partial charge in [0.2, 0.25) is 0 Å². The predicted molar refractivity (Wildman–Crippen MR) is 135 cm³/mol. The molecule has 5 rings (SSSR count). The number of hydrogen-bond acceptors (Lipinski definition) is 2. The van der Waals surface area contributed by atoms with E-state index in [9.17, 15) is 4.79 Å². The van der Waals surface area contributed by atoms with Crippen molar-refractivity contribution < 1.29 is 4.79 Å². The van der Waals surface area contributed by atoms with Crippen molar-refractivity contribution in [3.8, 4) is 0 Å². The normalized spacial score (nSPS) is 21.9. The predicted octanol–water partition coefficient (Wildman–Crippen LogP) is 7.12. The number of hydrogen-bond donors (Lipinski definition) is 1. The molecule has 1 amide bonds. The highest BCUT2D eigenvalue weighted by atomic mass is 16.1. The highest BCUT2D eigenvalue weighted by molar-refractivity contribution is 6.04. The zero-order valence-electron chi connectivity index (χ0n) is 19.6. The Labute approximate surface area is 197 Å². The molecule has 2 aromatic carbocycles. The summed E-state index contributed by atoms with van der Waals surface area (Å²) in [6.45, 7) is 4.26. The van der Waals surface area contributed by atoms with Gasteiger partial charge >= 0.3 is 0 Å². The molecule has 2 aliphatic carbocycles. The molecule has 0 radical (unpaired) electrons. The zero-order valence-corrected chi connectivity index (χ0v) is 19.6. The van der Waals surface area contributed by atoms with E-state index >= 15 is 0 Å². The third-order valence-electron chi connectivity index (χ3n) is 7.89. The standard InChI is InChI=1S/C30H32N2O/c1-3-30-17-16-23(22-9-5-4-6-10-22)20-26(30)12-7-11-24-19-25(14-15-27(24)30)29(33)32-28-13-8-18-31-21(28)2/h4-6,8-10,13-16,18-19,26H,3,7,11-12,17,20H2,1-2H3,(H,32,33). The number of carbonyl (C=O) groups is 1. The van der Waals surface area contributed by atoms with Crippen molar-refractivity contribution in [1.29, 1.82) is 0 Å². The number of fused-ring (bicyclic) bond motifs is 3. The SMILES string of the molecule is CCC12CC=C(c3ccccc3)CC1CCCc1cc(C(=O)Nc3cccnc3C)ccc12. The van der Waals surface area contributed by atoms with Crippen LogP contribution in [0.4, 0.5) is 5.69 Å². The van der Waals surface area contributed by atoms with Crippen molar-refractivity contribution in [2.45, 2.75) is 57.8 Å². The van der Waals surface area contributed by atoms with Gasteiger partial charge in [-0.25, -0.2) is 0 Å². The Morgan fingerprint density at radius 1 is 1.12 bits per heavy atom. The number of benzene rings is 2. The van der Waals surface area contributed by atoms with E-state index in [0.717, 1.165) is 42.6 Å². The topological polar surface area (TPSA) is 42.0 Å². The van der Waals surface area contributed by atoms with E-state index < -0.39 is 0 Å². The first kappa shape index (κ1) is 21.6. The molecule has 0 bridgehead atoms. The number of carbonyl (C=O) groups excluding carboxylic acids is 1. The van der Waals surface area contributed by atoms with Crippen LogP contribution in [-0.4, -0.2) is 10.9 Å². The number of amides is 1. The Balaban J connectivity index is 1.46. The second-order valence-electron chi connectivity index (χ2n) is 9.56. The molecule has 1 heterocycles. The number of pyridine rings is 1. The molecule has 0 fully saturated rings. The van der Waals surface area contributed by atoms with Gasteiger partial charge in [-0.15, -0.1) is 0 Å². The monoisotopic (exact) mass is 436 g/mol. The first-order chi connectivity index (χ1) is 16.1. The van der Waals surface area contributed by atoms with Gasteiger partial charge in [0, 0.05) is 17.2 Å². The molecule has 2 unspecified atom stereocenters. The van der Waals surface area contributed by atoms with Crippen LogP contribution in [0.2, 0.25) is 0 Å². The van der Waals surface area contributed by atoms with Crippen molar-refractivity contribution in [2.24, 2.45) is 5.92 Å². The van der Waals surface area contributed by atoms with E-state index in [1.807, 2.05) is 25.1 Å². The molecule has 2 atom stereocenters. The Kier molecular flexibility index (Phi) is 5.88. The third kappa shape index (κ3) is 4.01. The van der Waals surface area contributed by atoms with E-state index in [4.69, 9.17) is 0 Å².